The van der Waals surface area contributed by atoms with Crippen molar-refractivity contribution in [2.24, 2.45) is 0 Å². The lowest BCUT2D eigenvalue weighted by Gasteiger charge is -2.26. The molecule has 0 spiro atoms. The van der Waals surface area contributed by atoms with Gasteiger partial charge in [-0.3, -0.25) is 14.9 Å². The first-order valence-corrected chi connectivity index (χ1v) is 12.4. The van der Waals surface area contributed by atoms with E-state index in [1.54, 1.807) is 18.2 Å². The van der Waals surface area contributed by atoms with Crippen LogP contribution in [0, 0.1) is 13.8 Å². The topological polar surface area (TPSA) is 66.5 Å². The van der Waals surface area contributed by atoms with E-state index in [1.807, 2.05) is 49.4 Å². The van der Waals surface area contributed by atoms with Crippen molar-refractivity contribution in [1.29, 1.82) is 0 Å². The molecule has 5 heteroatoms. The molecule has 0 unspecified atom stereocenters. The highest BCUT2D eigenvalue weighted by molar-refractivity contribution is 6.39. The minimum Gasteiger partial charge on any atom is -0.273 e. The molecule has 0 aliphatic carbocycles. The Morgan fingerprint density at radius 3 is 2.22 bits per heavy atom. The standard InChI is InChI=1S/C32H28N2O3/c1-4-22-9-13-26(14-10-22)34-31(36)29(30(35)33-32(34)37)19-28-25(12-11-24-7-5-6-8-27(24)28)18-23-16-20(2)15-21(3)17-23/h5-17,19H,4,18H2,1-3H3,(H,33,35,37)/b29-19+. The summed E-state index contributed by atoms with van der Waals surface area (Å²) in [6.07, 6.45) is 3.12. The van der Waals surface area contributed by atoms with Crippen LogP contribution in [-0.2, 0) is 22.4 Å². The van der Waals surface area contributed by atoms with Gasteiger partial charge < -0.3 is 0 Å². The number of imide groups is 2. The Balaban J connectivity index is 1.63. The van der Waals surface area contributed by atoms with Crippen LogP contribution in [0.15, 0.2) is 84.4 Å². The molecule has 37 heavy (non-hydrogen) atoms. The average Bonchev–Trinajstić information content (AvgIpc) is 2.87. The SMILES string of the molecule is CCc1ccc(N2C(=O)NC(=O)/C(=C\c3c(Cc4cc(C)cc(C)c4)ccc4ccccc34)C2=O)cc1. The minimum atomic E-state index is -0.746. The Labute approximate surface area is 216 Å². The first-order chi connectivity index (χ1) is 17.8. The lowest BCUT2D eigenvalue weighted by atomic mass is 9.91. The highest BCUT2D eigenvalue weighted by atomic mass is 16.2. The van der Waals surface area contributed by atoms with Crippen LogP contribution in [-0.4, -0.2) is 17.8 Å². The third-order valence-electron chi connectivity index (χ3n) is 6.73. The van der Waals surface area contributed by atoms with Gasteiger partial charge >= 0.3 is 6.03 Å². The van der Waals surface area contributed by atoms with Gasteiger partial charge in [-0.05, 0) is 77.9 Å². The van der Waals surface area contributed by atoms with Gasteiger partial charge in [0, 0.05) is 0 Å². The van der Waals surface area contributed by atoms with E-state index in [9.17, 15) is 14.4 Å². The number of rotatable bonds is 5. The van der Waals surface area contributed by atoms with E-state index in [-0.39, 0.29) is 5.57 Å². The van der Waals surface area contributed by atoms with E-state index in [4.69, 9.17) is 0 Å². The quantitative estimate of drug-likeness (QED) is 0.266. The molecule has 0 aromatic heterocycles. The van der Waals surface area contributed by atoms with Gasteiger partial charge in [0.25, 0.3) is 11.8 Å². The second-order valence-corrected chi connectivity index (χ2v) is 9.51. The van der Waals surface area contributed by atoms with E-state index in [0.29, 0.717) is 12.1 Å². The third-order valence-corrected chi connectivity index (χ3v) is 6.73. The molecule has 1 aliphatic heterocycles. The number of benzene rings is 4. The Bertz CT molecular complexity index is 1560. The number of barbiturate groups is 1. The van der Waals surface area contributed by atoms with Crippen molar-refractivity contribution in [3.05, 3.63) is 118 Å². The maximum absolute atomic E-state index is 13.6. The van der Waals surface area contributed by atoms with Gasteiger partial charge in [-0.1, -0.05) is 84.8 Å². The van der Waals surface area contributed by atoms with Crippen LogP contribution in [0.2, 0.25) is 0 Å². The van der Waals surface area contributed by atoms with Crippen LogP contribution in [0.5, 0.6) is 0 Å². The second kappa shape index (κ2) is 9.86. The van der Waals surface area contributed by atoms with Crippen molar-refractivity contribution in [3.8, 4) is 0 Å². The summed E-state index contributed by atoms with van der Waals surface area (Å²) in [5.41, 5.74) is 6.75. The first kappa shape index (κ1) is 24.2. The molecule has 1 aliphatic rings. The van der Waals surface area contributed by atoms with Crippen LogP contribution in [0.1, 0.15) is 40.3 Å². The number of anilines is 1. The number of nitrogens with one attached hydrogen (secondary N) is 1. The zero-order valence-electron chi connectivity index (χ0n) is 21.2. The van der Waals surface area contributed by atoms with Gasteiger partial charge in [0.2, 0.25) is 0 Å². The predicted molar refractivity (Wildman–Crippen MR) is 147 cm³/mol. The second-order valence-electron chi connectivity index (χ2n) is 9.51. The van der Waals surface area contributed by atoms with E-state index < -0.39 is 17.8 Å². The number of amides is 4. The summed E-state index contributed by atoms with van der Waals surface area (Å²) in [6, 6.07) is 24.9. The molecular formula is C32H28N2O3. The Morgan fingerprint density at radius 1 is 0.811 bits per heavy atom. The third kappa shape index (κ3) is 4.81. The summed E-state index contributed by atoms with van der Waals surface area (Å²) < 4.78 is 0. The smallest absolute Gasteiger partial charge is 0.273 e. The summed E-state index contributed by atoms with van der Waals surface area (Å²) in [5.74, 6) is -1.33. The van der Waals surface area contributed by atoms with Crippen molar-refractivity contribution >= 4 is 40.4 Å². The number of carbonyl (C=O) groups excluding carboxylic acids is 3. The van der Waals surface area contributed by atoms with Crippen molar-refractivity contribution in [2.45, 2.75) is 33.6 Å². The fourth-order valence-electron chi connectivity index (χ4n) is 4.97. The fraction of sp³-hybridized carbons (Fsp3) is 0.156. The summed E-state index contributed by atoms with van der Waals surface area (Å²) >= 11 is 0. The maximum atomic E-state index is 13.6. The van der Waals surface area contributed by atoms with Crippen LogP contribution >= 0.6 is 0 Å². The number of aryl methyl sites for hydroxylation is 3. The Kier molecular flexibility index (Phi) is 6.45. The lowest BCUT2D eigenvalue weighted by molar-refractivity contribution is -0.122. The molecule has 0 atom stereocenters. The molecule has 1 fully saturated rings. The van der Waals surface area contributed by atoms with Crippen molar-refractivity contribution in [3.63, 3.8) is 0 Å². The van der Waals surface area contributed by atoms with Crippen molar-refractivity contribution in [1.82, 2.24) is 5.32 Å². The highest BCUT2D eigenvalue weighted by Gasteiger charge is 2.37. The van der Waals surface area contributed by atoms with Crippen molar-refractivity contribution < 1.29 is 14.4 Å². The molecule has 184 valence electrons. The van der Waals surface area contributed by atoms with Crippen LogP contribution < -0.4 is 10.2 Å². The summed E-state index contributed by atoms with van der Waals surface area (Å²) in [6.45, 7) is 6.18. The molecule has 5 rings (SSSR count). The molecule has 4 amide bonds. The normalized spacial score (nSPS) is 14.9. The Morgan fingerprint density at radius 2 is 1.51 bits per heavy atom. The molecule has 0 saturated carbocycles. The van der Waals surface area contributed by atoms with E-state index >= 15 is 0 Å². The van der Waals surface area contributed by atoms with Crippen LogP contribution in [0.25, 0.3) is 16.8 Å². The van der Waals surface area contributed by atoms with Gasteiger partial charge in [0.1, 0.15) is 5.57 Å². The average molecular weight is 489 g/mol. The number of fused-ring (bicyclic) bond motifs is 1. The summed E-state index contributed by atoms with van der Waals surface area (Å²) in [5, 5.41) is 4.29. The zero-order valence-corrected chi connectivity index (χ0v) is 21.2. The van der Waals surface area contributed by atoms with Crippen LogP contribution in [0.3, 0.4) is 0 Å². The van der Waals surface area contributed by atoms with Crippen molar-refractivity contribution in [2.75, 3.05) is 4.90 Å². The van der Waals surface area contributed by atoms with Gasteiger partial charge in [-0.15, -0.1) is 0 Å². The van der Waals surface area contributed by atoms with Gasteiger partial charge in [-0.25, -0.2) is 9.69 Å². The zero-order chi connectivity index (χ0) is 26.1. The first-order valence-electron chi connectivity index (χ1n) is 12.4. The largest absolute Gasteiger partial charge is 0.335 e. The molecule has 1 saturated heterocycles. The maximum Gasteiger partial charge on any atom is 0.335 e. The minimum absolute atomic E-state index is 0.0720. The van der Waals surface area contributed by atoms with Gasteiger partial charge in [0.15, 0.2) is 0 Å². The molecule has 4 aromatic rings. The lowest BCUT2D eigenvalue weighted by Crippen LogP contribution is -2.54. The highest BCUT2D eigenvalue weighted by Crippen LogP contribution is 2.29. The number of hydrogen-bond acceptors (Lipinski definition) is 3. The van der Waals surface area contributed by atoms with E-state index in [0.717, 1.165) is 44.3 Å². The molecule has 0 bridgehead atoms. The molecule has 1 N–H and O–H groups in total. The summed E-state index contributed by atoms with van der Waals surface area (Å²) in [7, 11) is 0. The molecule has 1 heterocycles. The Hall–Kier alpha value is -4.51. The van der Waals surface area contributed by atoms with E-state index in [2.05, 4.69) is 43.4 Å². The molecule has 5 nitrogen and oxygen atoms in total. The number of urea groups is 1. The summed E-state index contributed by atoms with van der Waals surface area (Å²) in [4.78, 5) is 40.2. The van der Waals surface area contributed by atoms with Crippen LogP contribution in [0.4, 0.5) is 10.5 Å². The fourth-order valence-corrected chi connectivity index (χ4v) is 4.97. The molecular weight excluding hydrogens is 460 g/mol. The number of carbonyl (C=O) groups is 3. The molecule has 4 aromatic carbocycles. The van der Waals surface area contributed by atoms with E-state index in [1.165, 1.54) is 11.1 Å². The number of hydrogen-bond donors (Lipinski definition) is 1. The predicted octanol–water partition coefficient (Wildman–Crippen LogP) is 6.28. The monoisotopic (exact) mass is 488 g/mol. The molecule has 0 radical (unpaired) electrons. The van der Waals surface area contributed by atoms with Gasteiger partial charge in [-0.2, -0.15) is 0 Å². The number of nitrogens with zero attached hydrogens (tertiary/aromatic N) is 1. The van der Waals surface area contributed by atoms with Gasteiger partial charge in [0.05, 0.1) is 5.69 Å².